The average molecular weight is 166 g/mol. The van der Waals surface area contributed by atoms with Crippen LogP contribution < -0.4 is 0 Å². The Morgan fingerprint density at radius 1 is 1.50 bits per heavy atom. The molecule has 1 rings (SSSR count). The van der Waals surface area contributed by atoms with E-state index in [1.807, 2.05) is 27.0 Å². The number of Topliss-reactive ketones (excluding diaryl/α,β-unsaturated/α-hetero) is 1. The molecule has 1 aromatic rings. The van der Waals surface area contributed by atoms with Gasteiger partial charge in [0, 0.05) is 13.1 Å². The van der Waals surface area contributed by atoms with Crippen molar-refractivity contribution in [2.24, 2.45) is 0 Å². The van der Waals surface area contributed by atoms with Gasteiger partial charge in [-0.25, -0.2) is 0 Å². The summed E-state index contributed by atoms with van der Waals surface area (Å²) in [5.41, 5.74) is 0.484. The van der Waals surface area contributed by atoms with Gasteiger partial charge in [-0.2, -0.15) is 5.10 Å². The standard InChI is InChI=1S/C9H14N2O/c1-7(12)8-5-6-11(10-8)9(2,3)4/h5-6H,1-4H3. The zero-order chi connectivity index (χ0) is 9.35. The molecule has 0 radical (unpaired) electrons. The molecule has 0 aliphatic heterocycles. The first kappa shape index (κ1) is 8.97. The quantitative estimate of drug-likeness (QED) is 0.597. The van der Waals surface area contributed by atoms with E-state index in [-0.39, 0.29) is 11.3 Å². The molecule has 0 aromatic carbocycles. The lowest BCUT2D eigenvalue weighted by atomic mass is 10.1. The van der Waals surface area contributed by atoms with Crippen LogP contribution in [0.2, 0.25) is 0 Å². The predicted molar refractivity (Wildman–Crippen MR) is 47.2 cm³/mol. The molecule has 0 spiro atoms. The molecule has 0 unspecified atom stereocenters. The Bertz CT molecular complexity index is 294. The Hall–Kier alpha value is -1.12. The lowest BCUT2D eigenvalue weighted by Gasteiger charge is -2.18. The second kappa shape index (κ2) is 2.73. The molecule has 0 aliphatic rings. The highest BCUT2D eigenvalue weighted by atomic mass is 16.1. The molecule has 0 atom stereocenters. The van der Waals surface area contributed by atoms with Gasteiger partial charge in [0.05, 0.1) is 5.54 Å². The number of hydrogen-bond donors (Lipinski definition) is 0. The van der Waals surface area contributed by atoms with Gasteiger partial charge in [0.1, 0.15) is 5.69 Å². The first-order valence-electron chi connectivity index (χ1n) is 3.98. The second-order valence-electron chi connectivity index (χ2n) is 3.87. The number of carbonyl (C=O) groups excluding carboxylic acids is 1. The maximum absolute atomic E-state index is 10.9. The van der Waals surface area contributed by atoms with Crippen LogP contribution in [0.1, 0.15) is 38.2 Å². The smallest absolute Gasteiger partial charge is 0.179 e. The molecule has 0 aliphatic carbocycles. The minimum atomic E-state index is -0.0479. The van der Waals surface area contributed by atoms with Crippen LogP contribution >= 0.6 is 0 Å². The molecule has 12 heavy (non-hydrogen) atoms. The summed E-state index contributed by atoms with van der Waals surface area (Å²) in [7, 11) is 0. The highest BCUT2D eigenvalue weighted by Gasteiger charge is 2.14. The van der Waals surface area contributed by atoms with Gasteiger partial charge in [0.2, 0.25) is 0 Å². The zero-order valence-electron chi connectivity index (χ0n) is 7.96. The first-order valence-corrected chi connectivity index (χ1v) is 3.98. The molecule has 0 fully saturated rings. The van der Waals surface area contributed by atoms with E-state index in [9.17, 15) is 4.79 Å². The van der Waals surface area contributed by atoms with Gasteiger partial charge < -0.3 is 0 Å². The van der Waals surface area contributed by atoms with Crippen molar-refractivity contribution in [1.29, 1.82) is 0 Å². The monoisotopic (exact) mass is 166 g/mol. The Balaban J connectivity index is 3.00. The van der Waals surface area contributed by atoms with Crippen LogP contribution in [0.5, 0.6) is 0 Å². The van der Waals surface area contributed by atoms with Crippen molar-refractivity contribution >= 4 is 5.78 Å². The van der Waals surface area contributed by atoms with Crippen molar-refractivity contribution < 1.29 is 4.79 Å². The molecular weight excluding hydrogens is 152 g/mol. The van der Waals surface area contributed by atoms with E-state index in [4.69, 9.17) is 0 Å². The van der Waals surface area contributed by atoms with E-state index in [0.717, 1.165) is 0 Å². The van der Waals surface area contributed by atoms with Crippen LogP contribution in [0.15, 0.2) is 12.3 Å². The van der Waals surface area contributed by atoms with Crippen LogP contribution in [0.3, 0.4) is 0 Å². The summed E-state index contributed by atoms with van der Waals surface area (Å²) < 4.78 is 1.80. The van der Waals surface area contributed by atoms with Gasteiger partial charge in [-0.1, -0.05) is 0 Å². The third kappa shape index (κ3) is 1.72. The maximum atomic E-state index is 10.9. The fourth-order valence-corrected chi connectivity index (χ4v) is 0.885. The van der Waals surface area contributed by atoms with Crippen molar-refractivity contribution in [2.75, 3.05) is 0 Å². The summed E-state index contributed by atoms with van der Waals surface area (Å²) in [4.78, 5) is 10.9. The van der Waals surface area contributed by atoms with Gasteiger partial charge >= 0.3 is 0 Å². The highest BCUT2D eigenvalue weighted by molar-refractivity contribution is 5.91. The SMILES string of the molecule is CC(=O)c1ccn(C(C)(C)C)n1. The van der Waals surface area contributed by atoms with E-state index in [1.165, 1.54) is 6.92 Å². The van der Waals surface area contributed by atoms with Crippen LogP contribution in [-0.4, -0.2) is 15.6 Å². The summed E-state index contributed by atoms with van der Waals surface area (Å²) in [6.45, 7) is 7.66. The van der Waals surface area contributed by atoms with Crippen molar-refractivity contribution in [1.82, 2.24) is 9.78 Å². The van der Waals surface area contributed by atoms with Crippen molar-refractivity contribution in [2.45, 2.75) is 33.2 Å². The van der Waals surface area contributed by atoms with Crippen molar-refractivity contribution in [3.05, 3.63) is 18.0 Å². The van der Waals surface area contributed by atoms with Crippen LogP contribution in [0.25, 0.3) is 0 Å². The van der Waals surface area contributed by atoms with E-state index in [2.05, 4.69) is 5.10 Å². The van der Waals surface area contributed by atoms with Gasteiger partial charge in [-0.15, -0.1) is 0 Å². The minimum Gasteiger partial charge on any atom is -0.293 e. The van der Waals surface area contributed by atoms with Crippen molar-refractivity contribution in [3.63, 3.8) is 0 Å². The van der Waals surface area contributed by atoms with E-state index in [0.29, 0.717) is 5.69 Å². The third-order valence-corrected chi connectivity index (χ3v) is 1.64. The molecule has 0 saturated heterocycles. The first-order chi connectivity index (χ1) is 5.41. The molecule has 0 amide bonds. The Kier molecular flexibility index (Phi) is 2.04. The van der Waals surface area contributed by atoms with Gasteiger partial charge in [-0.3, -0.25) is 9.48 Å². The van der Waals surface area contributed by atoms with Crippen molar-refractivity contribution in [3.8, 4) is 0 Å². The lowest BCUT2D eigenvalue weighted by molar-refractivity contribution is 0.101. The molecule has 3 nitrogen and oxygen atoms in total. The van der Waals surface area contributed by atoms with Crippen LogP contribution in [0.4, 0.5) is 0 Å². The summed E-state index contributed by atoms with van der Waals surface area (Å²) >= 11 is 0. The average Bonchev–Trinajstić information content (AvgIpc) is 2.30. The van der Waals surface area contributed by atoms with Crippen LogP contribution in [-0.2, 0) is 5.54 Å². The van der Waals surface area contributed by atoms with Gasteiger partial charge in [-0.05, 0) is 26.8 Å². The topological polar surface area (TPSA) is 34.9 Å². The molecule has 3 heteroatoms. The number of hydrogen-bond acceptors (Lipinski definition) is 2. The third-order valence-electron chi connectivity index (χ3n) is 1.64. The van der Waals surface area contributed by atoms with Gasteiger partial charge in [0.25, 0.3) is 0 Å². The molecule has 66 valence electrons. The summed E-state index contributed by atoms with van der Waals surface area (Å²) in [5, 5.41) is 4.15. The number of carbonyl (C=O) groups is 1. The number of rotatable bonds is 1. The highest BCUT2D eigenvalue weighted by Crippen LogP contribution is 2.12. The normalized spacial score (nSPS) is 11.7. The predicted octanol–water partition coefficient (Wildman–Crippen LogP) is 1.84. The number of nitrogens with zero attached hydrogens (tertiary/aromatic N) is 2. The molecule has 0 bridgehead atoms. The number of ketones is 1. The van der Waals surface area contributed by atoms with E-state index < -0.39 is 0 Å². The van der Waals surface area contributed by atoms with E-state index >= 15 is 0 Å². The largest absolute Gasteiger partial charge is 0.293 e. The molecular formula is C9H14N2O. The van der Waals surface area contributed by atoms with Crippen LogP contribution in [0, 0.1) is 0 Å². The maximum Gasteiger partial charge on any atom is 0.179 e. The summed E-state index contributed by atoms with van der Waals surface area (Å²) in [6, 6.07) is 1.74. The Morgan fingerprint density at radius 3 is 2.33 bits per heavy atom. The van der Waals surface area contributed by atoms with Gasteiger partial charge in [0.15, 0.2) is 5.78 Å². The summed E-state index contributed by atoms with van der Waals surface area (Å²) in [5.74, 6) is 0.0120. The molecule has 1 aromatic heterocycles. The van der Waals surface area contributed by atoms with E-state index in [1.54, 1.807) is 10.7 Å². The Morgan fingerprint density at radius 2 is 2.08 bits per heavy atom. The summed E-state index contributed by atoms with van der Waals surface area (Å²) in [6.07, 6.45) is 1.83. The minimum absolute atomic E-state index is 0.0120. The zero-order valence-corrected chi connectivity index (χ0v) is 7.96. The molecule has 1 heterocycles. The Labute approximate surface area is 72.4 Å². The lowest BCUT2D eigenvalue weighted by Crippen LogP contribution is -2.22. The fraction of sp³-hybridized carbons (Fsp3) is 0.556. The molecule has 0 saturated carbocycles. The second-order valence-corrected chi connectivity index (χ2v) is 3.87. The molecule has 0 N–H and O–H groups in total. The fourth-order valence-electron chi connectivity index (χ4n) is 0.885. The number of aromatic nitrogens is 2.